The molecule has 3 rings (SSSR count). The Kier molecular flexibility index (Phi) is 6.46. The number of rotatable bonds is 7. The smallest absolute Gasteiger partial charge is 0.234 e. The van der Waals surface area contributed by atoms with Crippen LogP contribution in [0.4, 0.5) is 5.69 Å². The number of hydrogen-bond donors (Lipinski definition) is 1. The molecule has 2 heterocycles. The van der Waals surface area contributed by atoms with E-state index in [2.05, 4.69) is 22.4 Å². The summed E-state index contributed by atoms with van der Waals surface area (Å²) in [6, 6.07) is 6.80. The number of aryl methyl sites for hydroxylation is 1. The van der Waals surface area contributed by atoms with E-state index in [0.717, 1.165) is 30.1 Å². The number of carbonyl (C=O) groups is 1. The fourth-order valence-corrected chi connectivity index (χ4v) is 3.76. The summed E-state index contributed by atoms with van der Waals surface area (Å²) in [6.45, 7) is 4.71. The lowest BCUT2D eigenvalue weighted by molar-refractivity contribution is -0.113. The first-order valence-electron chi connectivity index (χ1n) is 8.35. The Hall–Kier alpha value is -1.96. The molecule has 0 fully saturated rings. The minimum atomic E-state index is -0.184. The molecule has 1 N–H and O–H groups in total. The maximum atomic E-state index is 12.3. The average molecular weight is 425 g/mol. The van der Waals surface area contributed by atoms with E-state index in [-0.39, 0.29) is 11.7 Å². The van der Waals surface area contributed by atoms with E-state index in [1.807, 2.05) is 17.6 Å². The predicted molar refractivity (Wildman–Crippen MR) is 109 cm³/mol. The van der Waals surface area contributed by atoms with Gasteiger partial charge in [-0.2, -0.15) is 0 Å². The van der Waals surface area contributed by atoms with Crippen LogP contribution < -0.4 is 5.32 Å². The summed E-state index contributed by atoms with van der Waals surface area (Å²) in [4.78, 5) is 12.3. The van der Waals surface area contributed by atoms with Crippen LogP contribution in [0.3, 0.4) is 0 Å². The molecule has 0 atom stereocenters. The minimum absolute atomic E-state index is 0.184. The summed E-state index contributed by atoms with van der Waals surface area (Å²) in [5, 5.41) is 12.9. The standard InChI is InChI=1S/C18H18Cl2N4O2S/c1-3-7-24-17(13-6-8-26-11(13)2)22-23-18(24)27-10-16(25)21-15-5-4-12(19)9-14(15)20/h4-6,8-9H,3,7,10H2,1-2H3,(H,21,25). The highest BCUT2D eigenvalue weighted by Crippen LogP contribution is 2.28. The molecule has 0 spiro atoms. The number of anilines is 1. The molecule has 0 aliphatic rings. The van der Waals surface area contributed by atoms with Gasteiger partial charge < -0.3 is 14.3 Å². The van der Waals surface area contributed by atoms with Crippen LogP contribution in [0.25, 0.3) is 11.4 Å². The van der Waals surface area contributed by atoms with Gasteiger partial charge >= 0.3 is 0 Å². The molecule has 0 bridgehead atoms. The van der Waals surface area contributed by atoms with Gasteiger partial charge in [-0.05, 0) is 37.6 Å². The molecule has 1 amide bonds. The molecule has 0 saturated carbocycles. The van der Waals surface area contributed by atoms with Gasteiger partial charge in [-0.1, -0.05) is 41.9 Å². The Morgan fingerprint density at radius 1 is 1.30 bits per heavy atom. The lowest BCUT2D eigenvalue weighted by Crippen LogP contribution is -2.15. The Labute approximate surface area is 171 Å². The van der Waals surface area contributed by atoms with Crippen molar-refractivity contribution in [1.82, 2.24) is 14.8 Å². The van der Waals surface area contributed by atoms with Crippen molar-refractivity contribution in [2.75, 3.05) is 11.1 Å². The minimum Gasteiger partial charge on any atom is -0.469 e. The molecule has 0 saturated heterocycles. The van der Waals surface area contributed by atoms with Crippen molar-refractivity contribution in [3.8, 4) is 11.4 Å². The Morgan fingerprint density at radius 2 is 2.11 bits per heavy atom. The zero-order valence-corrected chi connectivity index (χ0v) is 17.2. The molecule has 3 aromatic rings. The summed E-state index contributed by atoms with van der Waals surface area (Å²) in [5.41, 5.74) is 1.43. The van der Waals surface area contributed by atoms with E-state index in [1.165, 1.54) is 11.8 Å². The van der Waals surface area contributed by atoms with E-state index < -0.39 is 0 Å². The number of amides is 1. The van der Waals surface area contributed by atoms with E-state index >= 15 is 0 Å². The van der Waals surface area contributed by atoms with Crippen molar-refractivity contribution in [2.24, 2.45) is 0 Å². The summed E-state index contributed by atoms with van der Waals surface area (Å²) in [7, 11) is 0. The number of hydrogen-bond acceptors (Lipinski definition) is 5. The van der Waals surface area contributed by atoms with E-state index in [1.54, 1.807) is 24.5 Å². The molecular formula is C18H18Cl2N4O2S. The second-order valence-electron chi connectivity index (χ2n) is 5.81. The highest BCUT2D eigenvalue weighted by atomic mass is 35.5. The number of furan rings is 1. The average Bonchev–Trinajstić information content (AvgIpc) is 3.22. The van der Waals surface area contributed by atoms with Crippen molar-refractivity contribution in [3.05, 3.63) is 46.3 Å². The van der Waals surface area contributed by atoms with Gasteiger partial charge in [0.1, 0.15) is 5.76 Å². The van der Waals surface area contributed by atoms with Crippen molar-refractivity contribution in [3.63, 3.8) is 0 Å². The largest absolute Gasteiger partial charge is 0.469 e. The molecule has 0 aliphatic heterocycles. The van der Waals surface area contributed by atoms with Gasteiger partial charge in [0.05, 0.1) is 28.3 Å². The molecule has 27 heavy (non-hydrogen) atoms. The van der Waals surface area contributed by atoms with Crippen LogP contribution in [0.15, 0.2) is 40.1 Å². The summed E-state index contributed by atoms with van der Waals surface area (Å²) < 4.78 is 7.38. The summed E-state index contributed by atoms with van der Waals surface area (Å²) in [5.74, 6) is 1.53. The van der Waals surface area contributed by atoms with Gasteiger partial charge in [0.2, 0.25) is 5.91 Å². The van der Waals surface area contributed by atoms with Crippen LogP contribution in [0, 0.1) is 6.92 Å². The predicted octanol–water partition coefficient (Wildman–Crippen LogP) is 5.29. The van der Waals surface area contributed by atoms with Gasteiger partial charge in [-0.25, -0.2) is 0 Å². The van der Waals surface area contributed by atoms with Crippen molar-refractivity contribution in [2.45, 2.75) is 32.0 Å². The van der Waals surface area contributed by atoms with Gasteiger partial charge in [-0.3, -0.25) is 4.79 Å². The first-order valence-corrected chi connectivity index (χ1v) is 10.1. The number of halogens is 2. The maximum absolute atomic E-state index is 12.3. The normalized spacial score (nSPS) is 11.0. The monoisotopic (exact) mass is 424 g/mol. The van der Waals surface area contributed by atoms with Gasteiger partial charge in [0.15, 0.2) is 11.0 Å². The molecule has 0 aliphatic carbocycles. The number of nitrogens with zero attached hydrogens (tertiary/aromatic N) is 3. The van der Waals surface area contributed by atoms with Crippen molar-refractivity contribution in [1.29, 1.82) is 0 Å². The Balaban J connectivity index is 1.71. The first-order chi connectivity index (χ1) is 13.0. The third kappa shape index (κ3) is 4.66. The fraction of sp³-hybridized carbons (Fsp3) is 0.278. The number of aromatic nitrogens is 3. The van der Waals surface area contributed by atoms with Crippen LogP contribution in [0.5, 0.6) is 0 Å². The van der Waals surface area contributed by atoms with Crippen LogP contribution in [-0.4, -0.2) is 26.4 Å². The molecule has 0 unspecified atom stereocenters. The lowest BCUT2D eigenvalue weighted by Gasteiger charge is -2.09. The van der Waals surface area contributed by atoms with Gasteiger partial charge in [-0.15, -0.1) is 10.2 Å². The quantitative estimate of drug-likeness (QED) is 0.521. The first kappa shape index (κ1) is 19.8. The summed E-state index contributed by atoms with van der Waals surface area (Å²) >= 11 is 13.3. The van der Waals surface area contributed by atoms with E-state index in [9.17, 15) is 4.79 Å². The number of nitrogens with one attached hydrogen (secondary N) is 1. The number of thioether (sulfide) groups is 1. The second-order valence-corrected chi connectivity index (χ2v) is 7.60. The van der Waals surface area contributed by atoms with Gasteiger partial charge in [0.25, 0.3) is 0 Å². The van der Waals surface area contributed by atoms with Crippen LogP contribution in [0.2, 0.25) is 10.0 Å². The van der Waals surface area contributed by atoms with Gasteiger partial charge in [0, 0.05) is 11.6 Å². The Bertz CT molecular complexity index is 955. The molecule has 2 aromatic heterocycles. The van der Waals surface area contributed by atoms with E-state index in [4.69, 9.17) is 27.6 Å². The molecular weight excluding hydrogens is 407 g/mol. The zero-order chi connectivity index (χ0) is 19.4. The Morgan fingerprint density at radius 3 is 2.78 bits per heavy atom. The number of benzene rings is 1. The van der Waals surface area contributed by atoms with E-state index in [0.29, 0.717) is 20.9 Å². The number of carbonyl (C=O) groups excluding carboxylic acids is 1. The topological polar surface area (TPSA) is 73.0 Å². The SMILES string of the molecule is CCCn1c(SCC(=O)Nc2ccc(Cl)cc2Cl)nnc1-c1ccoc1C. The molecule has 0 radical (unpaired) electrons. The van der Waals surface area contributed by atoms with Crippen molar-refractivity contribution < 1.29 is 9.21 Å². The van der Waals surface area contributed by atoms with Crippen LogP contribution in [-0.2, 0) is 11.3 Å². The highest BCUT2D eigenvalue weighted by Gasteiger charge is 2.18. The third-order valence-electron chi connectivity index (χ3n) is 3.80. The molecule has 142 valence electrons. The van der Waals surface area contributed by atoms with Crippen LogP contribution >= 0.6 is 35.0 Å². The fourth-order valence-electron chi connectivity index (χ4n) is 2.54. The molecule has 1 aromatic carbocycles. The highest BCUT2D eigenvalue weighted by molar-refractivity contribution is 7.99. The zero-order valence-electron chi connectivity index (χ0n) is 14.8. The van der Waals surface area contributed by atoms with Crippen molar-refractivity contribution >= 4 is 46.6 Å². The second kappa shape index (κ2) is 8.82. The lowest BCUT2D eigenvalue weighted by atomic mass is 10.2. The third-order valence-corrected chi connectivity index (χ3v) is 5.32. The maximum Gasteiger partial charge on any atom is 0.234 e. The molecule has 9 heteroatoms. The van der Waals surface area contributed by atoms with Crippen LogP contribution in [0.1, 0.15) is 19.1 Å². The molecule has 6 nitrogen and oxygen atoms in total. The summed E-state index contributed by atoms with van der Waals surface area (Å²) in [6.07, 6.45) is 2.55.